The Morgan fingerprint density at radius 2 is 1.89 bits per heavy atom. The number of carbonyl (C=O) groups excluding carboxylic acids is 2. The van der Waals surface area contributed by atoms with Gasteiger partial charge < -0.3 is 9.47 Å². The molecule has 27 heavy (non-hydrogen) atoms. The molecule has 2 amide bonds. The topological polar surface area (TPSA) is 55.8 Å². The Kier molecular flexibility index (Phi) is 6.44. The van der Waals surface area contributed by atoms with Crippen molar-refractivity contribution in [3.63, 3.8) is 0 Å². The highest BCUT2D eigenvalue weighted by Gasteiger charge is 2.38. The number of imide groups is 1. The van der Waals surface area contributed by atoms with Crippen molar-refractivity contribution in [1.82, 2.24) is 4.90 Å². The number of hydrogen-bond donors (Lipinski definition) is 0. The molecule has 0 spiro atoms. The van der Waals surface area contributed by atoms with E-state index < -0.39 is 5.25 Å². The lowest BCUT2D eigenvalue weighted by atomic mass is 10.1. The maximum absolute atomic E-state index is 12.3. The molecule has 0 aliphatic carbocycles. The fraction of sp³-hybridized carbons (Fsp3) is 0.300. The van der Waals surface area contributed by atoms with Crippen LogP contribution >= 0.6 is 27.7 Å². The fourth-order valence-electron chi connectivity index (χ4n) is 2.89. The minimum absolute atomic E-state index is 0.132. The lowest BCUT2D eigenvalue weighted by Gasteiger charge is -2.15. The number of thioether (sulfide) groups is 1. The first-order chi connectivity index (χ1) is 13.0. The highest BCUT2D eigenvalue weighted by atomic mass is 79.9. The van der Waals surface area contributed by atoms with Crippen LogP contribution in [0.25, 0.3) is 0 Å². The largest absolute Gasteiger partial charge is 0.493 e. The number of hydrogen-bond acceptors (Lipinski definition) is 5. The molecule has 1 aliphatic heterocycles. The molecule has 1 fully saturated rings. The summed E-state index contributed by atoms with van der Waals surface area (Å²) in [6, 6.07) is 13.6. The number of rotatable bonds is 7. The van der Waals surface area contributed by atoms with Crippen molar-refractivity contribution in [1.29, 1.82) is 0 Å². The SMILES string of the molecule is CCN1C(=O)S[C@@H](Cc2cc(Br)c(OCc3ccccc3)c(OC)c2)C1=O. The van der Waals surface area contributed by atoms with Crippen LogP contribution in [0, 0.1) is 0 Å². The first-order valence-electron chi connectivity index (χ1n) is 8.58. The summed E-state index contributed by atoms with van der Waals surface area (Å²) < 4.78 is 12.2. The van der Waals surface area contributed by atoms with Crippen molar-refractivity contribution in [3.8, 4) is 11.5 Å². The van der Waals surface area contributed by atoms with Gasteiger partial charge in [-0.2, -0.15) is 0 Å². The van der Waals surface area contributed by atoms with E-state index in [-0.39, 0.29) is 11.1 Å². The highest BCUT2D eigenvalue weighted by Crippen LogP contribution is 2.39. The minimum Gasteiger partial charge on any atom is -0.493 e. The van der Waals surface area contributed by atoms with Crippen molar-refractivity contribution in [2.24, 2.45) is 0 Å². The second kappa shape index (κ2) is 8.80. The standard InChI is InChI=1S/C20H20BrNO4S/c1-3-22-19(23)17(27-20(22)24)11-14-9-15(21)18(16(10-14)25-2)26-12-13-7-5-4-6-8-13/h4-10,17H,3,11-12H2,1-2H3/t17-/m0/s1. The molecular weight excluding hydrogens is 430 g/mol. The molecule has 0 N–H and O–H groups in total. The van der Waals surface area contributed by atoms with E-state index in [4.69, 9.17) is 9.47 Å². The molecule has 0 aromatic heterocycles. The smallest absolute Gasteiger partial charge is 0.289 e. The Morgan fingerprint density at radius 1 is 1.15 bits per heavy atom. The third-order valence-corrected chi connectivity index (χ3v) is 5.92. The van der Waals surface area contributed by atoms with Gasteiger partial charge in [0.2, 0.25) is 5.91 Å². The summed E-state index contributed by atoms with van der Waals surface area (Å²) in [5, 5.41) is -0.577. The predicted octanol–water partition coefficient (Wildman–Crippen LogP) is 4.66. The van der Waals surface area contributed by atoms with E-state index in [0.29, 0.717) is 31.1 Å². The van der Waals surface area contributed by atoms with Gasteiger partial charge in [0.1, 0.15) is 6.61 Å². The molecule has 5 nitrogen and oxygen atoms in total. The number of nitrogens with zero attached hydrogens (tertiary/aromatic N) is 1. The molecule has 0 radical (unpaired) electrons. The van der Waals surface area contributed by atoms with Crippen LogP contribution in [0.3, 0.4) is 0 Å². The van der Waals surface area contributed by atoms with E-state index >= 15 is 0 Å². The van der Waals surface area contributed by atoms with Crippen LogP contribution in [-0.2, 0) is 17.8 Å². The van der Waals surface area contributed by atoms with Gasteiger partial charge in [0.15, 0.2) is 11.5 Å². The zero-order valence-corrected chi connectivity index (χ0v) is 17.5. The van der Waals surface area contributed by atoms with E-state index in [0.717, 1.165) is 27.4 Å². The van der Waals surface area contributed by atoms with E-state index in [1.165, 1.54) is 4.90 Å². The maximum Gasteiger partial charge on any atom is 0.289 e. The van der Waals surface area contributed by atoms with Crippen molar-refractivity contribution in [2.75, 3.05) is 13.7 Å². The number of amides is 2. The molecule has 1 heterocycles. The Balaban J connectivity index is 1.76. The summed E-state index contributed by atoms with van der Waals surface area (Å²) in [5.74, 6) is 1.07. The number of benzene rings is 2. The van der Waals surface area contributed by atoms with Gasteiger partial charge in [-0.25, -0.2) is 0 Å². The fourth-order valence-corrected chi connectivity index (χ4v) is 4.59. The second-order valence-corrected chi connectivity index (χ2v) is 8.05. The number of carbonyl (C=O) groups is 2. The zero-order valence-electron chi connectivity index (χ0n) is 15.1. The van der Waals surface area contributed by atoms with Gasteiger partial charge in [-0.1, -0.05) is 42.1 Å². The van der Waals surface area contributed by atoms with Crippen molar-refractivity contribution < 1.29 is 19.1 Å². The molecule has 2 aromatic rings. The third-order valence-electron chi connectivity index (χ3n) is 4.26. The molecule has 1 saturated heterocycles. The van der Waals surface area contributed by atoms with Gasteiger partial charge in [-0.15, -0.1) is 0 Å². The normalized spacial score (nSPS) is 16.7. The maximum atomic E-state index is 12.3. The molecule has 0 saturated carbocycles. The van der Waals surface area contributed by atoms with Crippen LogP contribution in [0.2, 0.25) is 0 Å². The molecule has 0 bridgehead atoms. The highest BCUT2D eigenvalue weighted by molar-refractivity contribution is 9.10. The van der Waals surface area contributed by atoms with Gasteiger partial charge in [0.25, 0.3) is 5.24 Å². The van der Waals surface area contributed by atoms with Crippen LogP contribution in [-0.4, -0.2) is 35.0 Å². The van der Waals surface area contributed by atoms with Crippen LogP contribution in [0.5, 0.6) is 11.5 Å². The molecule has 3 rings (SSSR count). The summed E-state index contributed by atoms with van der Waals surface area (Å²) >= 11 is 4.62. The van der Waals surface area contributed by atoms with E-state index in [1.54, 1.807) is 14.0 Å². The first-order valence-corrected chi connectivity index (χ1v) is 10.3. The Morgan fingerprint density at radius 3 is 2.52 bits per heavy atom. The van der Waals surface area contributed by atoms with Gasteiger partial charge >= 0.3 is 0 Å². The predicted molar refractivity (Wildman–Crippen MR) is 109 cm³/mol. The minimum atomic E-state index is -0.398. The van der Waals surface area contributed by atoms with E-state index in [1.807, 2.05) is 42.5 Å². The summed E-state index contributed by atoms with van der Waals surface area (Å²) in [6.45, 7) is 2.63. The third kappa shape index (κ3) is 4.47. The van der Waals surface area contributed by atoms with Gasteiger partial charge in [0, 0.05) is 6.54 Å². The lowest BCUT2D eigenvalue weighted by Crippen LogP contribution is -2.31. The molecule has 2 aromatic carbocycles. The number of ether oxygens (including phenoxy) is 2. The zero-order chi connectivity index (χ0) is 19.4. The van der Waals surface area contributed by atoms with Gasteiger partial charge in [-0.3, -0.25) is 14.5 Å². The molecule has 1 atom stereocenters. The number of methoxy groups -OCH3 is 1. The van der Waals surface area contributed by atoms with Crippen molar-refractivity contribution in [2.45, 2.75) is 25.2 Å². The summed E-state index contributed by atoms with van der Waals surface area (Å²) in [6.07, 6.45) is 0.458. The van der Waals surface area contributed by atoms with Gasteiger partial charge in [-0.05, 0) is 52.5 Å². The lowest BCUT2D eigenvalue weighted by molar-refractivity contribution is -0.126. The molecule has 7 heteroatoms. The molecule has 0 unspecified atom stereocenters. The van der Waals surface area contributed by atoms with Crippen LogP contribution in [0.1, 0.15) is 18.1 Å². The quantitative estimate of drug-likeness (QED) is 0.614. The van der Waals surface area contributed by atoms with E-state index in [2.05, 4.69) is 15.9 Å². The Labute approximate surface area is 171 Å². The summed E-state index contributed by atoms with van der Waals surface area (Å²) in [7, 11) is 1.58. The average molecular weight is 450 g/mol. The van der Waals surface area contributed by atoms with Crippen LogP contribution in [0.4, 0.5) is 4.79 Å². The monoisotopic (exact) mass is 449 g/mol. The second-order valence-electron chi connectivity index (χ2n) is 6.04. The van der Waals surface area contributed by atoms with Crippen LogP contribution < -0.4 is 9.47 Å². The van der Waals surface area contributed by atoms with Gasteiger partial charge in [0.05, 0.1) is 16.8 Å². The van der Waals surface area contributed by atoms with Crippen molar-refractivity contribution in [3.05, 3.63) is 58.1 Å². The van der Waals surface area contributed by atoms with Crippen molar-refractivity contribution >= 4 is 38.8 Å². The average Bonchev–Trinajstić information content (AvgIpc) is 2.93. The molecular formula is C20H20BrNO4S. The molecule has 142 valence electrons. The Hall–Kier alpha value is -1.99. The molecule has 1 aliphatic rings. The van der Waals surface area contributed by atoms with Crippen LogP contribution in [0.15, 0.2) is 46.9 Å². The summed E-state index contributed by atoms with van der Waals surface area (Å²) in [4.78, 5) is 25.5. The number of halogens is 1. The van der Waals surface area contributed by atoms with E-state index in [9.17, 15) is 9.59 Å². The Bertz CT molecular complexity index is 843. The summed E-state index contributed by atoms with van der Waals surface area (Å²) in [5.41, 5.74) is 1.96. The first kappa shape index (κ1) is 19.8.